The van der Waals surface area contributed by atoms with E-state index in [0.29, 0.717) is 6.04 Å². The van der Waals surface area contributed by atoms with Gasteiger partial charge in [0.05, 0.1) is 0 Å². The number of nitrogens with zero attached hydrogens (tertiary/aromatic N) is 1. The molecule has 0 N–H and O–H groups in total. The lowest BCUT2D eigenvalue weighted by Gasteiger charge is -2.36. The van der Waals surface area contributed by atoms with Gasteiger partial charge in [-0.15, -0.1) is 24.0 Å². The number of hydrogen-bond donors (Lipinski definition) is 0. The van der Waals surface area contributed by atoms with Crippen LogP contribution in [0.3, 0.4) is 0 Å². The Morgan fingerprint density at radius 1 is 1.21 bits per heavy atom. The highest BCUT2D eigenvalue weighted by molar-refractivity contribution is 6.18. The minimum Gasteiger partial charge on any atom is -0.297 e. The molecule has 0 unspecified atom stereocenters. The highest BCUT2D eigenvalue weighted by atomic mass is 35.5. The summed E-state index contributed by atoms with van der Waals surface area (Å²) >= 11 is 5.82. The van der Waals surface area contributed by atoms with E-state index in [9.17, 15) is 0 Å². The first kappa shape index (κ1) is 14.5. The van der Waals surface area contributed by atoms with Gasteiger partial charge in [0.1, 0.15) is 0 Å². The molecule has 0 atom stereocenters. The Morgan fingerprint density at radius 2 is 1.79 bits per heavy atom. The van der Waals surface area contributed by atoms with Crippen LogP contribution in [0.15, 0.2) is 0 Å². The van der Waals surface area contributed by atoms with E-state index in [1.165, 1.54) is 32.1 Å². The van der Waals surface area contributed by atoms with E-state index in [2.05, 4.69) is 18.7 Å². The van der Waals surface area contributed by atoms with Crippen molar-refractivity contribution in [2.75, 3.05) is 12.4 Å². The lowest BCUT2D eigenvalue weighted by molar-refractivity contribution is 0.129. The zero-order chi connectivity index (χ0) is 9.68. The zero-order valence-corrected chi connectivity index (χ0v) is 10.9. The van der Waals surface area contributed by atoms with Crippen molar-refractivity contribution >= 4 is 24.0 Å². The van der Waals surface area contributed by atoms with E-state index >= 15 is 0 Å². The van der Waals surface area contributed by atoms with E-state index < -0.39 is 0 Å². The lowest BCUT2D eigenvalue weighted by Crippen LogP contribution is -2.42. The molecule has 0 heterocycles. The minimum absolute atomic E-state index is 0. The van der Waals surface area contributed by atoms with Crippen LogP contribution in [0, 0.1) is 0 Å². The summed E-state index contributed by atoms with van der Waals surface area (Å²) in [6, 6.07) is 1.47. The molecule has 0 aliphatic heterocycles. The SMILES string of the molecule is CC(C)N(CCCl)C1CCCCC1.Cl. The Bertz CT molecular complexity index is 133. The fourth-order valence-electron chi connectivity index (χ4n) is 2.37. The van der Waals surface area contributed by atoms with Crippen LogP contribution in [0.25, 0.3) is 0 Å². The predicted molar refractivity (Wildman–Crippen MR) is 66.7 cm³/mol. The smallest absolute Gasteiger partial charge is 0.0351 e. The molecule has 1 nitrogen and oxygen atoms in total. The molecule has 1 aliphatic carbocycles. The number of rotatable bonds is 4. The van der Waals surface area contributed by atoms with E-state index in [-0.39, 0.29) is 12.4 Å². The molecule has 3 heteroatoms. The summed E-state index contributed by atoms with van der Waals surface area (Å²) in [5.74, 6) is 0.773. The fraction of sp³-hybridized carbons (Fsp3) is 1.00. The van der Waals surface area contributed by atoms with Crippen LogP contribution in [0.2, 0.25) is 0 Å². The molecule has 0 amide bonds. The molecule has 0 aromatic heterocycles. The number of alkyl halides is 1. The zero-order valence-electron chi connectivity index (χ0n) is 9.34. The molecule has 1 aliphatic rings. The molecule has 1 fully saturated rings. The summed E-state index contributed by atoms with van der Waals surface area (Å²) in [6.45, 7) is 5.62. The fourth-order valence-corrected chi connectivity index (χ4v) is 2.57. The summed E-state index contributed by atoms with van der Waals surface area (Å²) in [7, 11) is 0. The number of hydrogen-bond acceptors (Lipinski definition) is 1. The molecule has 0 aromatic carbocycles. The van der Waals surface area contributed by atoms with Gasteiger partial charge >= 0.3 is 0 Å². The van der Waals surface area contributed by atoms with E-state index in [1.54, 1.807) is 0 Å². The van der Waals surface area contributed by atoms with Crippen LogP contribution in [-0.4, -0.2) is 29.4 Å². The van der Waals surface area contributed by atoms with Crippen molar-refractivity contribution in [3.8, 4) is 0 Å². The summed E-state index contributed by atoms with van der Waals surface area (Å²) in [6.07, 6.45) is 7.03. The van der Waals surface area contributed by atoms with Crippen molar-refractivity contribution in [1.82, 2.24) is 4.90 Å². The molecule has 0 spiro atoms. The topological polar surface area (TPSA) is 3.24 Å². The van der Waals surface area contributed by atoms with Crippen molar-refractivity contribution in [2.45, 2.75) is 58.0 Å². The molecule has 0 saturated heterocycles. The van der Waals surface area contributed by atoms with Crippen LogP contribution in [0.1, 0.15) is 46.0 Å². The first-order chi connectivity index (χ1) is 6.25. The third-order valence-electron chi connectivity index (χ3n) is 3.05. The molecule has 1 rings (SSSR count). The Hall–Kier alpha value is 0.540. The standard InChI is InChI=1S/C11H22ClN.ClH/c1-10(2)13(9-8-12)11-6-4-3-5-7-11;/h10-11H,3-9H2,1-2H3;1H. The Kier molecular flexibility index (Phi) is 8.08. The maximum absolute atomic E-state index is 5.82. The van der Waals surface area contributed by atoms with Crippen LogP contribution in [0.4, 0.5) is 0 Å². The lowest BCUT2D eigenvalue weighted by atomic mass is 9.93. The van der Waals surface area contributed by atoms with Gasteiger partial charge in [-0.3, -0.25) is 4.90 Å². The Labute approximate surface area is 99.6 Å². The second kappa shape index (κ2) is 7.78. The highest BCUT2D eigenvalue weighted by Gasteiger charge is 2.22. The summed E-state index contributed by atoms with van der Waals surface area (Å²) in [5, 5.41) is 0. The first-order valence-corrected chi connectivity index (χ1v) is 6.11. The van der Waals surface area contributed by atoms with Crippen LogP contribution < -0.4 is 0 Å². The molecular formula is C11H23Cl2N. The minimum atomic E-state index is 0. The van der Waals surface area contributed by atoms with Gasteiger partial charge in [0.2, 0.25) is 0 Å². The summed E-state index contributed by atoms with van der Waals surface area (Å²) in [4.78, 5) is 2.58. The van der Waals surface area contributed by atoms with Crippen LogP contribution >= 0.6 is 24.0 Å². The third-order valence-corrected chi connectivity index (χ3v) is 3.22. The maximum Gasteiger partial charge on any atom is 0.0351 e. The monoisotopic (exact) mass is 239 g/mol. The number of halogens is 2. The van der Waals surface area contributed by atoms with E-state index in [1.807, 2.05) is 0 Å². The van der Waals surface area contributed by atoms with Gasteiger partial charge in [0, 0.05) is 24.5 Å². The van der Waals surface area contributed by atoms with Gasteiger partial charge in [-0.1, -0.05) is 19.3 Å². The molecule has 86 valence electrons. The second-order valence-electron chi connectivity index (χ2n) is 4.31. The second-order valence-corrected chi connectivity index (χ2v) is 4.69. The van der Waals surface area contributed by atoms with Crippen LogP contribution in [0.5, 0.6) is 0 Å². The average Bonchev–Trinajstić information content (AvgIpc) is 2.15. The van der Waals surface area contributed by atoms with Crippen molar-refractivity contribution in [2.24, 2.45) is 0 Å². The maximum atomic E-state index is 5.82. The summed E-state index contributed by atoms with van der Waals surface area (Å²) < 4.78 is 0. The van der Waals surface area contributed by atoms with Crippen LogP contribution in [-0.2, 0) is 0 Å². The third kappa shape index (κ3) is 4.37. The van der Waals surface area contributed by atoms with Crippen molar-refractivity contribution in [3.63, 3.8) is 0 Å². The predicted octanol–water partition coefficient (Wildman–Crippen LogP) is 3.69. The Morgan fingerprint density at radius 3 is 2.21 bits per heavy atom. The van der Waals surface area contributed by atoms with E-state index in [0.717, 1.165) is 18.5 Å². The Balaban J connectivity index is 0.00000169. The molecule has 1 saturated carbocycles. The van der Waals surface area contributed by atoms with Gasteiger partial charge in [-0.25, -0.2) is 0 Å². The summed E-state index contributed by atoms with van der Waals surface area (Å²) in [5.41, 5.74) is 0. The first-order valence-electron chi connectivity index (χ1n) is 5.57. The van der Waals surface area contributed by atoms with Crippen molar-refractivity contribution in [1.29, 1.82) is 0 Å². The van der Waals surface area contributed by atoms with Gasteiger partial charge in [0.25, 0.3) is 0 Å². The van der Waals surface area contributed by atoms with Crippen molar-refractivity contribution in [3.05, 3.63) is 0 Å². The average molecular weight is 240 g/mol. The van der Waals surface area contributed by atoms with Gasteiger partial charge in [0.15, 0.2) is 0 Å². The van der Waals surface area contributed by atoms with E-state index in [4.69, 9.17) is 11.6 Å². The van der Waals surface area contributed by atoms with Gasteiger partial charge in [-0.05, 0) is 26.7 Å². The molecule has 14 heavy (non-hydrogen) atoms. The molecule has 0 bridgehead atoms. The quantitative estimate of drug-likeness (QED) is 0.677. The largest absolute Gasteiger partial charge is 0.297 e. The van der Waals surface area contributed by atoms with Gasteiger partial charge in [-0.2, -0.15) is 0 Å². The molecular weight excluding hydrogens is 217 g/mol. The molecule has 0 aromatic rings. The highest BCUT2D eigenvalue weighted by Crippen LogP contribution is 2.23. The van der Waals surface area contributed by atoms with Gasteiger partial charge < -0.3 is 0 Å². The molecule has 0 radical (unpaired) electrons. The normalized spacial score (nSPS) is 18.6. The van der Waals surface area contributed by atoms with Crippen molar-refractivity contribution < 1.29 is 0 Å².